The topological polar surface area (TPSA) is 72.6 Å². The first-order chi connectivity index (χ1) is 12.0. The van der Waals surface area contributed by atoms with Gasteiger partial charge in [0.1, 0.15) is 11.4 Å². The number of fused-ring (bicyclic) bond motifs is 1. The summed E-state index contributed by atoms with van der Waals surface area (Å²) in [7, 11) is 0. The molecule has 0 radical (unpaired) electrons. The van der Waals surface area contributed by atoms with Gasteiger partial charge in [0.2, 0.25) is 0 Å². The van der Waals surface area contributed by atoms with Crippen molar-refractivity contribution in [2.75, 3.05) is 5.73 Å². The zero-order chi connectivity index (χ0) is 17.2. The van der Waals surface area contributed by atoms with Gasteiger partial charge in [0.15, 0.2) is 0 Å². The minimum absolute atomic E-state index is 0.148. The SMILES string of the molecule is Nc1c(/C=C/C(=O)O)ccc2c1C=CC1(O2)C2CC3CC(C2)CC1C3. The number of hydrogen-bond acceptors (Lipinski definition) is 3. The molecule has 0 saturated heterocycles. The van der Waals surface area contributed by atoms with Crippen molar-refractivity contribution < 1.29 is 14.6 Å². The van der Waals surface area contributed by atoms with Crippen LogP contribution in [0.2, 0.25) is 0 Å². The Morgan fingerprint density at radius 2 is 1.84 bits per heavy atom. The molecule has 4 bridgehead atoms. The summed E-state index contributed by atoms with van der Waals surface area (Å²) in [5, 5.41) is 8.82. The van der Waals surface area contributed by atoms with E-state index in [1.54, 1.807) is 6.08 Å². The van der Waals surface area contributed by atoms with Crippen molar-refractivity contribution in [1.82, 2.24) is 0 Å². The van der Waals surface area contributed by atoms with Crippen LogP contribution in [0.3, 0.4) is 0 Å². The normalized spacial score (nSPS) is 37.4. The maximum atomic E-state index is 10.8. The van der Waals surface area contributed by atoms with E-state index in [2.05, 4.69) is 12.2 Å². The van der Waals surface area contributed by atoms with E-state index in [1.165, 1.54) is 32.1 Å². The van der Waals surface area contributed by atoms with Crippen molar-refractivity contribution in [3.05, 3.63) is 35.4 Å². The van der Waals surface area contributed by atoms with Crippen LogP contribution in [0.4, 0.5) is 5.69 Å². The van der Waals surface area contributed by atoms with Crippen LogP contribution in [0.25, 0.3) is 12.2 Å². The number of ether oxygens (including phenoxy) is 1. The number of carbonyl (C=O) groups is 1. The van der Waals surface area contributed by atoms with Crippen LogP contribution in [0.15, 0.2) is 24.3 Å². The zero-order valence-electron chi connectivity index (χ0n) is 14.2. The van der Waals surface area contributed by atoms with Gasteiger partial charge in [0.25, 0.3) is 0 Å². The molecule has 4 saturated carbocycles. The Kier molecular flexibility index (Phi) is 3.09. The number of aliphatic carboxylic acids is 1. The van der Waals surface area contributed by atoms with E-state index in [1.807, 2.05) is 12.1 Å². The van der Waals surface area contributed by atoms with Crippen LogP contribution in [-0.2, 0) is 4.79 Å². The molecule has 1 heterocycles. The Labute approximate surface area is 147 Å². The first-order valence-electron chi connectivity index (χ1n) is 9.27. The van der Waals surface area contributed by atoms with Gasteiger partial charge in [-0.2, -0.15) is 0 Å². The molecule has 1 aliphatic heterocycles. The largest absolute Gasteiger partial charge is 0.482 e. The zero-order valence-corrected chi connectivity index (χ0v) is 14.2. The van der Waals surface area contributed by atoms with Gasteiger partial charge >= 0.3 is 5.97 Å². The smallest absolute Gasteiger partial charge is 0.328 e. The molecule has 1 aromatic carbocycles. The average molecular weight is 337 g/mol. The van der Waals surface area contributed by atoms with Crippen molar-refractivity contribution in [1.29, 1.82) is 0 Å². The highest BCUT2D eigenvalue weighted by atomic mass is 16.5. The van der Waals surface area contributed by atoms with Crippen LogP contribution in [0.1, 0.15) is 43.2 Å². The third-order valence-electron chi connectivity index (χ3n) is 6.90. The number of nitrogens with two attached hydrogens (primary N) is 1. The molecule has 0 unspecified atom stereocenters. The fraction of sp³-hybridized carbons (Fsp3) is 0.476. The van der Waals surface area contributed by atoms with E-state index in [0.29, 0.717) is 17.5 Å². The first kappa shape index (κ1) is 15.1. The molecule has 130 valence electrons. The molecule has 1 aromatic rings. The number of carboxylic acid groups (broad SMARTS) is 1. The number of nitrogen functional groups attached to an aromatic ring is 1. The molecule has 3 N–H and O–H groups in total. The summed E-state index contributed by atoms with van der Waals surface area (Å²) in [6, 6.07) is 3.81. The van der Waals surface area contributed by atoms with Gasteiger partial charge in [-0.05, 0) is 79.9 Å². The van der Waals surface area contributed by atoms with Crippen LogP contribution < -0.4 is 10.5 Å². The third kappa shape index (κ3) is 2.16. The third-order valence-corrected chi connectivity index (χ3v) is 6.90. The first-order valence-corrected chi connectivity index (χ1v) is 9.27. The Balaban J connectivity index is 1.51. The Morgan fingerprint density at radius 3 is 2.48 bits per heavy atom. The minimum atomic E-state index is -0.975. The lowest BCUT2D eigenvalue weighted by molar-refractivity contribution is -0.131. The lowest BCUT2D eigenvalue weighted by Crippen LogP contribution is -2.60. The van der Waals surface area contributed by atoms with E-state index in [-0.39, 0.29) is 5.60 Å². The molecule has 6 rings (SSSR count). The molecule has 4 fully saturated rings. The highest BCUT2D eigenvalue weighted by molar-refractivity contribution is 5.88. The second-order valence-corrected chi connectivity index (χ2v) is 8.25. The molecular weight excluding hydrogens is 314 g/mol. The summed E-state index contributed by atoms with van der Waals surface area (Å²) >= 11 is 0. The number of carboxylic acids is 1. The van der Waals surface area contributed by atoms with Crippen LogP contribution in [-0.4, -0.2) is 16.7 Å². The maximum Gasteiger partial charge on any atom is 0.328 e. The summed E-state index contributed by atoms with van der Waals surface area (Å²) < 4.78 is 6.65. The quantitative estimate of drug-likeness (QED) is 0.633. The van der Waals surface area contributed by atoms with Crippen molar-refractivity contribution in [2.24, 2.45) is 23.7 Å². The summed E-state index contributed by atoms with van der Waals surface area (Å²) in [6.07, 6.45) is 13.6. The van der Waals surface area contributed by atoms with Gasteiger partial charge in [-0.25, -0.2) is 4.79 Å². The Morgan fingerprint density at radius 1 is 1.16 bits per heavy atom. The van der Waals surface area contributed by atoms with Crippen LogP contribution >= 0.6 is 0 Å². The average Bonchev–Trinajstić information content (AvgIpc) is 2.58. The predicted molar refractivity (Wildman–Crippen MR) is 97.0 cm³/mol. The molecule has 4 heteroatoms. The van der Waals surface area contributed by atoms with E-state index < -0.39 is 5.97 Å². The van der Waals surface area contributed by atoms with E-state index in [0.717, 1.165) is 34.8 Å². The molecule has 4 nitrogen and oxygen atoms in total. The van der Waals surface area contributed by atoms with E-state index in [4.69, 9.17) is 15.6 Å². The summed E-state index contributed by atoms with van der Waals surface area (Å²) in [5.41, 5.74) is 8.32. The van der Waals surface area contributed by atoms with E-state index >= 15 is 0 Å². The standard InChI is InChI=1S/C21H23NO3/c22-20-14(2-4-19(23)24)1-3-18-17(20)5-6-21(25-18)15-8-12-7-13(10-15)11-16(21)9-12/h1-6,12-13,15-16H,7-11,22H2,(H,23,24)/b4-2+. The predicted octanol–water partition coefficient (Wildman–Crippen LogP) is 3.97. The van der Waals surface area contributed by atoms with Gasteiger partial charge in [-0.15, -0.1) is 0 Å². The number of anilines is 1. The monoisotopic (exact) mass is 337 g/mol. The molecule has 4 aliphatic carbocycles. The van der Waals surface area contributed by atoms with Gasteiger partial charge < -0.3 is 15.6 Å². The second-order valence-electron chi connectivity index (χ2n) is 8.25. The molecule has 0 atom stereocenters. The maximum absolute atomic E-state index is 10.8. The number of benzene rings is 1. The Hall–Kier alpha value is -2.23. The van der Waals surface area contributed by atoms with Crippen molar-refractivity contribution >= 4 is 23.8 Å². The van der Waals surface area contributed by atoms with Crippen LogP contribution in [0, 0.1) is 23.7 Å². The van der Waals surface area contributed by atoms with Crippen molar-refractivity contribution in [3.8, 4) is 5.75 Å². The van der Waals surface area contributed by atoms with E-state index in [9.17, 15) is 4.79 Å². The van der Waals surface area contributed by atoms with Gasteiger partial charge in [-0.3, -0.25) is 0 Å². The fourth-order valence-corrected chi connectivity index (χ4v) is 6.00. The highest BCUT2D eigenvalue weighted by Crippen LogP contribution is 2.61. The molecule has 0 amide bonds. The molecule has 25 heavy (non-hydrogen) atoms. The minimum Gasteiger partial charge on any atom is -0.482 e. The lowest BCUT2D eigenvalue weighted by atomic mass is 9.49. The second kappa shape index (κ2) is 5.13. The van der Waals surface area contributed by atoms with Gasteiger partial charge in [0.05, 0.1) is 0 Å². The fourth-order valence-electron chi connectivity index (χ4n) is 6.00. The molecule has 5 aliphatic rings. The van der Waals surface area contributed by atoms with Crippen molar-refractivity contribution in [2.45, 2.75) is 37.7 Å². The van der Waals surface area contributed by atoms with Gasteiger partial charge in [-0.1, -0.05) is 0 Å². The summed E-state index contributed by atoms with van der Waals surface area (Å²) in [4.78, 5) is 10.8. The van der Waals surface area contributed by atoms with Crippen LogP contribution in [0.5, 0.6) is 5.75 Å². The number of rotatable bonds is 2. The highest BCUT2D eigenvalue weighted by Gasteiger charge is 2.58. The Bertz CT molecular complexity index is 780. The molecule has 1 spiro atoms. The van der Waals surface area contributed by atoms with Crippen molar-refractivity contribution in [3.63, 3.8) is 0 Å². The molecular formula is C21H23NO3. The van der Waals surface area contributed by atoms with Gasteiger partial charge in [0, 0.05) is 29.2 Å². The number of hydrogen-bond donors (Lipinski definition) is 2. The lowest BCUT2D eigenvalue weighted by Gasteiger charge is -2.60. The summed E-state index contributed by atoms with van der Waals surface area (Å²) in [5.74, 6) is 2.93. The summed E-state index contributed by atoms with van der Waals surface area (Å²) in [6.45, 7) is 0. The molecule has 0 aromatic heterocycles.